The lowest BCUT2D eigenvalue weighted by Gasteiger charge is -2.37. The van der Waals surface area contributed by atoms with Crippen molar-refractivity contribution in [3.63, 3.8) is 0 Å². The number of nitrogens with zero attached hydrogens (tertiary/aromatic N) is 2. The van der Waals surface area contributed by atoms with Crippen molar-refractivity contribution in [3.05, 3.63) is 47.5 Å². The number of aryl methyl sites for hydroxylation is 1. The van der Waals surface area contributed by atoms with E-state index in [1.54, 1.807) is 6.92 Å². The molecule has 2 aliphatic heterocycles. The first kappa shape index (κ1) is 18.8. The van der Waals surface area contributed by atoms with Gasteiger partial charge >= 0.3 is 0 Å². The predicted octanol–water partition coefficient (Wildman–Crippen LogP) is 4.02. The maximum atomic E-state index is 12.0. The van der Waals surface area contributed by atoms with E-state index >= 15 is 0 Å². The van der Waals surface area contributed by atoms with Gasteiger partial charge in [-0.2, -0.15) is 0 Å². The Hall–Kier alpha value is -2.53. The summed E-state index contributed by atoms with van der Waals surface area (Å²) in [6.07, 6.45) is 3.08. The zero-order chi connectivity index (χ0) is 19.5. The highest BCUT2D eigenvalue weighted by Gasteiger charge is 2.24. The maximum Gasteiger partial charge on any atom is 0.221 e. The third kappa shape index (κ3) is 3.85. The third-order valence-electron chi connectivity index (χ3n) is 5.78. The number of fused-ring (bicyclic) bond motifs is 2. The zero-order valence-corrected chi connectivity index (χ0v) is 16.9. The largest absolute Gasteiger partial charge is 0.367 e. The molecule has 4 rings (SSSR count). The summed E-state index contributed by atoms with van der Waals surface area (Å²) in [5.41, 5.74) is 6.92. The van der Waals surface area contributed by atoms with Crippen LogP contribution in [0.5, 0.6) is 0 Å². The summed E-state index contributed by atoms with van der Waals surface area (Å²) < 4.78 is 0. The van der Waals surface area contributed by atoms with Crippen molar-refractivity contribution in [2.24, 2.45) is 0 Å². The highest BCUT2D eigenvalue weighted by atomic mass is 16.1. The van der Waals surface area contributed by atoms with Crippen LogP contribution in [-0.2, 0) is 17.6 Å². The minimum atomic E-state index is -0.0129. The van der Waals surface area contributed by atoms with Gasteiger partial charge in [-0.15, -0.1) is 0 Å². The van der Waals surface area contributed by atoms with Crippen molar-refractivity contribution in [1.29, 1.82) is 0 Å². The Balaban J connectivity index is 1.66. The number of piperazine rings is 1. The van der Waals surface area contributed by atoms with Crippen molar-refractivity contribution in [3.8, 4) is 0 Å². The number of benzene rings is 2. The highest BCUT2D eigenvalue weighted by Crippen LogP contribution is 2.40. The van der Waals surface area contributed by atoms with E-state index in [4.69, 9.17) is 0 Å². The standard InChI is InChI=1S/C23H30N4O/c1-3-12-26-13-15-27(16-14-26)22-11-10-21-19(23(22)24-17(2)28)9-8-18-6-4-5-7-20(18)25-21/h4-7,10-11,25H,3,8-9,12-16H2,1-2H3,(H,24,28). The Kier molecular flexibility index (Phi) is 5.53. The highest BCUT2D eigenvalue weighted by molar-refractivity contribution is 5.96. The fraction of sp³-hybridized carbons (Fsp3) is 0.435. The summed E-state index contributed by atoms with van der Waals surface area (Å²) in [5.74, 6) is -0.0129. The van der Waals surface area contributed by atoms with Crippen LogP contribution >= 0.6 is 0 Å². The van der Waals surface area contributed by atoms with Gasteiger partial charge < -0.3 is 15.5 Å². The number of anilines is 4. The van der Waals surface area contributed by atoms with Crippen molar-refractivity contribution >= 4 is 28.7 Å². The molecule has 148 valence electrons. The third-order valence-corrected chi connectivity index (χ3v) is 5.78. The summed E-state index contributed by atoms with van der Waals surface area (Å²) in [6, 6.07) is 12.8. The zero-order valence-electron chi connectivity index (χ0n) is 16.9. The summed E-state index contributed by atoms with van der Waals surface area (Å²) >= 11 is 0. The topological polar surface area (TPSA) is 47.6 Å². The summed E-state index contributed by atoms with van der Waals surface area (Å²) in [6.45, 7) is 9.15. The van der Waals surface area contributed by atoms with Gasteiger partial charge in [0.15, 0.2) is 0 Å². The van der Waals surface area contributed by atoms with Crippen LogP contribution < -0.4 is 15.5 Å². The van der Waals surface area contributed by atoms with Gasteiger partial charge in [0.2, 0.25) is 5.91 Å². The monoisotopic (exact) mass is 378 g/mol. The molecule has 0 atom stereocenters. The lowest BCUT2D eigenvalue weighted by Crippen LogP contribution is -2.46. The van der Waals surface area contributed by atoms with Crippen LogP contribution in [0.25, 0.3) is 0 Å². The molecule has 0 aliphatic carbocycles. The van der Waals surface area contributed by atoms with E-state index in [1.807, 2.05) is 0 Å². The molecule has 1 fully saturated rings. The molecule has 2 aromatic rings. The molecular formula is C23H30N4O. The second-order valence-corrected chi connectivity index (χ2v) is 7.78. The average Bonchev–Trinajstić information content (AvgIpc) is 2.88. The van der Waals surface area contributed by atoms with E-state index in [9.17, 15) is 4.79 Å². The maximum absolute atomic E-state index is 12.0. The summed E-state index contributed by atoms with van der Waals surface area (Å²) in [4.78, 5) is 17.0. The lowest BCUT2D eigenvalue weighted by molar-refractivity contribution is -0.114. The first-order valence-electron chi connectivity index (χ1n) is 10.4. The number of nitrogens with one attached hydrogen (secondary N) is 2. The Labute approximate surface area is 167 Å². The van der Waals surface area contributed by atoms with E-state index in [0.29, 0.717) is 0 Å². The molecule has 0 unspecified atom stereocenters. The van der Waals surface area contributed by atoms with Gasteiger partial charge in [0.05, 0.1) is 11.4 Å². The van der Waals surface area contributed by atoms with Gasteiger partial charge in [0.1, 0.15) is 0 Å². The molecule has 0 radical (unpaired) electrons. The molecule has 28 heavy (non-hydrogen) atoms. The van der Waals surface area contributed by atoms with Crippen molar-refractivity contribution < 1.29 is 4.79 Å². The molecule has 5 heteroatoms. The molecule has 0 bridgehead atoms. The van der Waals surface area contributed by atoms with Crippen LogP contribution in [0, 0.1) is 0 Å². The number of hydrogen-bond acceptors (Lipinski definition) is 4. The fourth-order valence-corrected chi connectivity index (χ4v) is 4.38. The average molecular weight is 379 g/mol. The number of carbonyl (C=O) groups is 1. The first-order valence-corrected chi connectivity index (χ1v) is 10.4. The van der Waals surface area contributed by atoms with Gasteiger partial charge in [-0.05, 0) is 49.6 Å². The number of amides is 1. The predicted molar refractivity (Wildman–Crippen MR) is 117 cm³/mol. The smallest absolute Gasteiger partial charge is 0.221 e. The molecule has 5 nitrogen and oxygen atoms in total. The van der Waals surface area contributed by atoms with Crippen LogP contribution in [0.4, 0.5) is 22.7 Å². The molecule has 2 heterocycles. The molecule has 0 spiro atoms. The van der Waals surface area contributed by atoms with Crippen LogP contribution in [0.2, 0.25) is 0 Å². The Bertz CT molecular complexity index is 856. The van der Waals surface area contributed by atoms with Gasteiger partial charge in [0, 0.05) is 50.0 Å². The normalized spacial score (nSPS) is 16.6. The Morgan fingerprint density at radius 2 is 1.82 bits per heavy atom. The van der Waals surface area contributed by atoms with Crippen LogP contribution in [0.3, 0.4) is 0 Å². The molecule has 2 aromatic carbocycles. The number of hydrogen-bond donors (Lipinski definition) is 2. The van der Waals surface area contributed by atoms with Crippen molar-refractivity contribution in [2.75, 3.05) is 48.3 Å². The van der Waals surface area contributed by atoms with E-state index in [-0.39, 0.29) is 5.91 Å². The van der Waals surface area contributed by atoms with Crippen molar-refractivity contribution in [1.82, 2.24) is 4.90 Å². The summed E-state index contributed by atoms with van der Waals surface area (Å²) in [5, 5.41) is 6.75. The minimum Gasteiger partial charge on any atom is -0.367 e. The first-order chi connectivity index (χ1) is 13.7. The number of para-hydroxylation sites is 1. The second-order valence-electron chi connectivity index (χ2n) is 7.78. The summed E-state index contributed by atoms with van der Waals surface area (Å²) in [7, 11) is 0. The molecule has 1 amide bonds. The Morgan fingerprint density at radius 3 is 2.57 bits per heavy atom. The minimum absolute atomic E-state index is 0.0129. The molecular weight excluding hydrogens is 348 g/mol. The molecule has 1 saturated heterocycles. The fourth-order valence-electron chi connectivity index (χ4n) is 4.38. The van der Waals surface area contributed by atoms with Gasteiger partial charge in [0.25, 0.3) is 0 Å². The number of rotatable bonds is 4. The van der Waals surface area contributed by atoms with Crippen LogP contribution in [0.15, 0.2) is 36.4 Å². The lowest BCUT2D eigenvalue weighted by atomic mass is 10.0. The van der Waals surface area contributed by atoms with E-state index in [2.05, 4.69) is 63.8 Å². The van der Waals surface area contributed by atoms with Gasteiger partial charge in [-0.25, -0.2) is 0 Å². The molecule has 2 N–H and O–H groups in total. The SMILES string of the molecule is CCCN1CCN(c2ccc3c(c2NC(C)=O)CCc2ccccc2N3)CC1. The van der Waals surface area contributed by atoms with Crippen LogP contribution in [-0.4, -0.2) is 43.5 Å². The second kappa shape index (κ2) is 8.23. The van der Waals surface area contributed by atoms with Crippen molar-refractivity contribution in [2.45, 2.75) is 33.1 Å². The molecule has 0 saturated carbocycles. The van der Waals surface area contributed by atoms with E-state index < -0.39 is 0 Å². The van der Waals surface area contributed by atoms with E-state index in [1.165, 1.54) is 24.1 Å². The van der Waals surface area contributed by atoms with Gasteiger partial charge in [-0.1, -0.05) is 25.1 Å². The molecule has 2 aliphatic rings. The Morgan fingerprint density at radius 1 is 1.04 bits per heavy atom. The number of carbonyl (C=O) groups excluding carboxylic acids is 1. The quantitative estimate of drug-likeness (QED) is 0.844. The van der Waals surface area contributed by atoms with Crippen LogP contribution in [0.1, 0.15) is 31.4 Å². The van der Waals surface area contributed by atoms with E-state index in [0.717, 1.165) is 61.8 Å². The molecule has 0 aromatic heterocycles. The van der Waals surface area contributed by atoms with Gasteiger partial charge in [-0.3, -0.25) is 9.69 Å².